The van der Waals surface area contributed by atoms with Crippen molar-refractivity contribution in [1.29, 1.82) is 0 Å². The van der Waals surface area contributed by atoms with E-state index in [-0.39, 0.29) is 13.2 Å². The van der Waals surface area contributed by atoms with E-state index in [1.807, 2.05) is 6.07 Å². The standard InChI is InChI=1S/C23H22BrClN2O6S/c1-14(2)20(23(30)33-12-15-6-4-3-5-7-15)27-21(29)19(22(27)34(25)31)26-18(28)13-32-17-10-8-16(24)9-11-17/h3-11,19-20,22H,1,12-13H2,2H3,(H,26,28). The first-order valence-electron chi connectivity index (χ1n) is 10.1. The number of ether oxygens (including phenoxy) is 2. The topological polar surface area (TPSA) is 102 Å². The number of likely N-dealkylation sites (tertiary alicyclic amines) is 1. The molecule has 3 rings (SSSR count). The van der Waals surface area contributed by atoms with Gasteiger partial charge < -0.3 is 19.7 Å². The molecule has 0 saturated carbocycles. The van der Waals surface area contributed by atoms with Crippen molar-refractivity contribution >= 4 is 54.4 Å². The highest BCUT2D eigenvalue weighted by Crippen LogP contribution is 2.31. The third kappa shape index (κ3) is 6.25. The first-order valence-corrected chi connectivity index (χ1v) is 12.9. The van der Waals surface area contributed by atoms with E-state index >= 15 is 0 Å². The molecule has 1 aliphatic heterocycles. The molecule has 4 unspecified atom stereocenters. The third-order valence-corrected chi connectivity index (χ3v) is 6.92. The monoisotopic (exact) mass is 568 g/mol. The number of amides is 2. The summed E-state index contributed by atoms with van der Waals surface area (Å²) in [5, 5.41) is 1.33. The largest absolute Gasteiger partial charge is 0.484 e. The fourth-order valence-electron chi connectivity index (χ4n) is 3.34. The Bertz CT molecular complexity index is 1100. The first-order chi connectivity index (χ1) is 16.2. The van der Waals surface area contributed by atoms with E-state index in [0.29, 0.717) is 11.3 Å². The number of carbonyl (C=O) groups excluding carboxylic acids is 3. The van der Waals surface area contributed by atoms with E-state index < -0.39 is 45.3 Å². The summed E-state index contributed by atoms with van der Waals surface area (Å²) in [6.07, 6.45) is 0. The van der Waals surface area contributed by atoms with E-state index in [4.69, 9.17) is 20.2 Å². The van der Waals surface area contributed by atoms with E-state index in [9.17, 15) is 18.6 Å². The SMILES string of the molecule is C=C(C)C(C(=O)OCc1ccccc1)N1C(=O)C(NC(=O)COc2ccc(Br)cc2)C1S(=O)Cl. The summed E-state index contributed by atoms with van der Waals surface area (Å²) in [6.45, 7) is 4.95. The molecule has 0 aliphatic carbocycles. The summed E-state index contributed by atoms with van der Waals surface area (Å²) >= 11 is 3.30. The summed E-state index contributed by atoms with van der Waals surface area (Å²) in [4.78, 5) is 39.0. The number of β-lactam (4-membered cyclic amide) rings is 1. The van der Waals surface area contributed by atoms with Crippen LogP contribution in [0.3, 0.4) is 0 Å². The van der Waals surface area contributed by atoms with Crippen LogP contribution in [-0.2, 0) is 35.7 Å². The molecule has 1 saturated heterocycles. The van der Waals surface area contributed by atoms with Crippen LogP contribution in [0.2, 0.25) is 0 Å². The van der Waals surface area contributed by atoms with Gasteiger partial charge in [0.2, 0.25) is 5.91 Å². The summed E-state index contributed by atoms with van der Waals surface area (Å²) in [6, 6.07) is 13.5. The maximum absolute atomic E-state index is 12.9. The Labute approximate surface area is 212 Å². The Morgan fingerprint density at radius 3 is 2.44 bits per heavy atom. The molecule has 8 nitrogen and oxygen atoms in total. The quantitative estimate of drug-likeness (QED) is 0.204. The van der Waals surface area contributed by atoms with Crippen LogP contribution in [0, 0.1) is 0 Å². The number of hydrogen-bond acceptors (Lipinski definition) is 6. The zero-order valence-corrected chi connectivity index (χ0v) is 21.3. The maximum atomic E-state index is 12.9. The van der Waals surface area contributed by atoms with Crippen LogP contribution in [0.25, 0.3) is 0 Å². The van der Waals surface area contributed by atoms with Gasteiger partial charge in [-0.15, -0.1) is 0 Å². The van der Waals surface area contributed by atoms with Crippen molar-refractivity contribution in [2.75, 3.05) is 6.61 Å². The minimum Gasteiger partial charge on any atom is -0.484 e. The Morgan fingerprint density at radius 2 is 1.85 bits per heavy atom. The first kappa shape index (κ1) is 25.9. The molecule has 2 aromatic rings. The molecule has 4 atom stereocenters. The predicted molar refractivity (Wildman–Crippen MR) is 131 cm³/mol. The number of hydrogen-bond donors (Lipinski definition) is 1. The maximum Gasteiger partial charge on any atom is 0.333 e. The highest BCUT2D eigenvalue weighted by molar-refractivity contribution is 9.10. The molecule has 0 radical (unpaired) electrons. The molecular formula is C23H22BrClN2O6S. The zero-order valence-electron chi connectivity index (χ0n) is 18.1. The van der Waals surface area contributed by atoms with Gasteiger partial charge in [-0.1, -0.05) is 52.8 Å². The van der Waals surface area contributed by atoms with Crippen molar-refractivity contribution in [2.45, 2.75) is 31.0 Å². The second kappa shape index (κ2) is 11.6. The molecule has 1 heterocycles. The number of nitrogens with zero attached hydrogens (tertiary/aromatic N) is 1. The molecule has 34 heavy (non-hydrogen) atoms. The lowest BCUT2D eigenvalue weighted by Gasteiger charge is -2.48. The molecule has 180 valence electrons. The molecular weight excluding hydrogens is 548 g/mol. The van der Waals surface area contributed by atoms with Gasteiger partial charge in [-0.2, -0.15) is 0 Å². The van der Waals surface area contributed by atoms with E-state index in [0.717, 1.165) is 14.9 Å². The smallest absolute Gasteiger partial charge is 0.333 e. The van der Waals surface area contributed by atoms with Gasteiger partial charge in [0.15, 0.2) is 18.0 Å². The van der Waals surface area contributed by atoms with Gasteiger partial charge in [0.05, 0.1) is 0 Å². The Kier molecular flexibility index (Phi) is 8.87. The molecule has 2 amide bonds. The Morgan fingerprint density at radius 1 is 1.21 bits per heavy atom. The van der Waals surface area contributed by atoms with Gasteiger partial charge >= 0.3 is 5.97 Å². The third-order valence-electron chi connectivity index (χ3n) is 4.96. The van der Waals surface area contributed by atoms with Gasteiger partial charge in [0, 0.05) is 4.47 Å². The van der Waals surface area contributed by atoms with Gasteiger partial charge in [-0.25, -0.2) is 9.00 Å². The van der Waals surface area contributed by atoms with Gasteiger partial charge in [0.1, 0.15) is 28.4 Å². The van der Waals surface area contributed by atoms with Crippen LogP contribution in [0.4, 0.5) is 0 Å². The van der Waals surface area contributed by atoms with Crippen molar-refractivity contribution in [3.8, 4) is 5.75 Å². The van der Waals surface area contributed by atoms with Crippen molar-refractivity contribution < 1.29 is 28.1 Å². The molecule has 2 aromatic carbocycles. The predicted octanol–water partition coefficient (Wildman–Crippen LogP) is 3.07. The van der Waals surface area contributed by atoms with Crippen LogP contribution in [0.5, 0.6) is 5.75 Å². The second-order valence-electron chi connectivity index (χ2n) is 7.51. The number of halogens is 2. The number of rotatable bonds is 10. The van der Waals surface area contributed by atoms with Crippen molar-refractivity contribution in [2.24, 2.45) is 0 Å². The molecule has 11 heteroatoms. The number of benzene rings is 2. The highest BCUT2D eigenvalue weighted by Gasteiger charge is 2.56. The summed E-state index contributed by atoms with van der Waals surface area (Å²) in [5.41, 5.74) is 1.07. The molecule has 1 aliphatic rings. The van der Waals surface area contributed by atoms with Crippen molar-refractivity contribution in [1.82, 2.24) is 10.2 Å². The summed E-state index contributed by atoms with van der Waals surface area (Å²) in [7, 11) is 3.75. The lowest BCUT2D eigenvalue weighted by atomic mass is 9.99. The average Bonchev–Trinajstić information content (AvgIpc) is 2.81. The fourth-order valence-corrected chi connectivity index (χ4v) is 4.98. The normalized spacial score (nSPS) is 18.9. The lowest BCUT2D eigenvalue weighted by molar-refractivity contribution is -0.163. The van der Waals surface area contributed by atoms with E-state index in [2.05, 4.69) is 27.8 Å². The molecule has 0 bridgehead atoms. The molecule has 0 spiro atoms. The second-order valence-corrected chi connectivity index (χ2v) is 10.3. The lowest BCUT2D eigenvalue weighted by Crippen LogP contribution is -2.75. The Hall–Kier alpha value is -2.69. The highest BCUT2D eigenvalue weighted by atomic mass is 79.9. The van der Waals surface area contributed by atoms with Crippen molar-refractivity contribution in [3.05, 3.63) is 76.8 Å². The van der Waals surface area contributed by atoms with Gasteiger partial charge in [-0.05, 0) is 53.0 Å². The van der Waals surface area contributed by atoms with Crippen LogP contribution >= 0.6 is 26.6 Å². The van der Waals surface area contributed by atoms with E-state index in [1.165, 1.54) is 0 Å². The van der Waals surface area contributed by atoms with Crippen molar-refractivity contribution in [3.63, 3.8) is 0 Å². The number of esters is 1. The molecule has 1 fully saturated rings. The van der Waals surface area contributed by atoms with Crippen LogP contribution < -0.4 is 10.1 Å². The van der Waals surface area contributed by atoms with Crippen LogP contribution in [0.1, 0.15) is 12.5 Å². The van der Waals surface area contributed by atoms with Crippen LogP contribution in [0.15, 0.2) is 71.2 Å². The summed E-state index contributed by atoms with van der Waals surface area (Å²) < 4.78 is 23.8. The molecule has 0 aromatic heterocycles. The van der Waals surface area contributed by atoms with Crippen LogP contribution in [-0.4, -0.2) is 51.0 Å². The zero-order chi connectivity index (χ0) is 24.8. The Balaban J connectivity index is 1.64. The minimum absolute atomic E-state index is 0.00627. The fraction of sp³-hybridized carbons (Fsp3) is 0.261. The van der Waals surface area contributed by atoms with E-state index in [1.54, 1.807) is 55.5 Å². The number of carbonyl (C=O) groups is 3. The van der Waals surface area contributed by atoms with Gasteiger partial charge in [0.25, 0.3) is 5.91 Å². The summed E-state index contributed by atoms with van der Waals surface area (Å²) in [5.74, 6) is -1.51. The number of nitrogens with one attached hydrogen (secondary N) is 1. The molecule has 1 N–H and O–H groups in total. The average molecular weight is 570 g/mol. The van der Waals surface area contributed by atoms with Gasteiger partial charge in [-0.3, -0.25) is 9.59 Å². The minimum atomic E-state index is -2.09.